The molecule has 116 valence electrons. The van der Waals surface area contributed by atoms with Crippen molar-refractivity contribution in [2.24, 2.45) is 0 Å². The van der Waals surface area contributed by atoms with E-state index in [-0.39, 0.29) is 12.5 Å². The molecule has 0 unspecified atom stereocenters. The second-order valence-corrected chi connectivity index (χ2v) is 5.98. The first kappa shape index (κ1) is 16.0. The van der Waals surface area contributed by atoms with Crippen LogP contribution in [0, 0.1) is 13.8 Å². The first-order valence-electron chi connectivity index (χ1n) is 7.82. The van der Waals surface area contributed by atoms with Gasteiger partial charge in [-0.1, -0.05) is 6.07 Å². The third kappa shape index (κ3) is 5.14. The number of aliphatic hydroxyl groups excluding tert-OH is 1. The van der Waals surface area contributed by atoms with Crippen LogP contribution in [0.15, 0.2) is 18.2 Å². The van der Waals surface area contributed by atoms with Crippen LogP contribution in [0.5, 0.6) is 0 Å². The van der Waals surface area contributed by atoms with Gasteiger partial charge < -0.3 is 10.4 Å². The van der Waals surface area contributed by atoms with E-state index in [0.717, 1.165) is 25.1 Å². The average Bonchev–Trinajstić information content (AvgIpc) is 3.26. The van der Waals surface area contributed by atoms with E-state index < -0.39 is 0 Å². The Kier molecular flexibility index (Phi) is 5.76. The van der Waals surface area contributed by atoms with Crippen molar-refractivity contribution in [1.82, 2.24) is 4.90 Å². The molecular formula is C17H26N2O2. The zero-order valence-corrected chi connectivity index (χ0v) is 13.1. The Morgan fingerprint density at radius 2 is 2.05 bits per heavy atom. The second kappa shape index (κ2) is 7.57. The Bertz CT molecular complexity index is 484. The van der Waals surface area contributed by atoms with Gasteiger partial charge in [-0.2, -0.15) is 0 Å². The first-order valence-corrected chi connectivity index (χ1v) is 7.82. The molecule has 0 heterocycles. The van der Waals surface area contributed by atoms with Crippen LogP contribution in [0.3, 0.4) is 0 Å². The van der Waals surface area contributed by atoms with Crippen molar-refractivity contribution in [2.45, 2.75) is 45.6 Å². The van der Waals surface area contributed by atoms with Gasteiger partial charge in [0.25, 0.3) is 0 Å². The van der Waals surface area contributed by atoms with Crippen LogP contribution in [-0.2, 0) is 4.79 Å². The van der Waals surface area contributed by atoms with E-state index in [1.54, 1.807) is 0 Å². The number of carbonyl (C=O) groups excluding carboxylic acids is 1. The number of rotatable bonds is 8. The van der Waals surface area contributed by atoms with E-state index in [0.29, 0.717) is 12.6 Å². The molecule has 2 N–H and O–H groups in total. The molecular weight excluding hydrogens is 264 g/mol. The summed E-state index contributed by atoms with van der Waals surface area (Å²) in [5, 5.41) is 11.8. The molecule has 0 saturated heterocycles. The lowest BCUT2D eigenvalue weighted by Gasteiger charge is -2.21. The summed E-state index contributed by atoms with van der Waals surface area (Å²) >= 11 is 0. The molecule has 4 nitrogen and oxygen atoms in total. The maximum Gasteiger partial charge on any atom is 0.238 e. The van der Waals surface area contributed by atoms with Crippen molar-refractivity contribution in [1.29, 1.82) is 0 Å². The van der Waals surface area contributed by atoms with Crippen LogP contribution in [0.2, 0.25) is 0 Å². The number of carbonyl (C=O) groups is 1. The fourth-order valence-corrected chi connectivity index (χ4v) is 2.46. The van der Waals surface area contributed by atoms with Crippen molar-refractivity contribution < 1.29 is 9.90 Å². The maximum absolute atomic E-state index is 12.2. The molecule has 0 aliphatic heterocycles. The highest BCUT2D eigenvalue weighted by molar-refractivity contribution is 5.92. The minimum absolute atomic E-state index is 0.0501. The molecule has 1 aliphatic rings. The minimum atomic E-state index is 0.0501. The number of aliphatic hydroxyl groups is 1. The lowest BCUT2D eigenvalue weighted by atomic mass is 10.1. The molecule has 1 aromatic rings. The molecule has 21 heavy (non-hydrogen) atoms. The molecule has 4 heteroatoms. The summed E-state index contributed by atoms with van der Waals surface area (Å²) in [5.74, 6) is 0.0501. The highest BCUT2D eigenvalue weighted by Gasteiger charge is 2.29. The summed E-state index contributed by atoms with van der Waals surface area (Å²) in [5.41, 5.74) is 3.29. The first-order chi connectivity index (χ1) is 10.1. The van der Waals surface area contributed by atoms with Crippen LogP contribution in [0.1, 0.15) is 36.8 Å². The Labute approximate surface area is 127 Å². The molecule has 1 fully saturated rings. The summed E-state index contributed by atoms with van der Waals surface area (Å²) in [4.78, 5) is 14.4. The average molecular weight is 290 g/mol. The molecule has 0 atom stereocenters. The number of unbranched alkanes of at least 4 members (excludes halogenated alkanes) is 1. The molecule has 0 radical (unpaired) electrons. The van der Waals surface area contributed by atoms with Gasteiger partial charge in [0, 0.05) is 18.3 Å². The summed E-state index contributed by atoms with van der Waals surface area (Å²) < 4.78 is 0. The number of anilines is 1. The smallest absolute Gasteiger partial charge is 0.238 e. The second-order valence-electron chi connectivity index (χ2n) is 5.98. The van der Waals surface area contributed by atoms with Gasteiger partial charge in [0.05, 0.1) is 6.54 Å². The molecule has 2 rings (SSSR count). The molecule has 1 saturated carbocycles. The highest BCUT2D eigenvalue weighted by Crippen LogP contribution is 2.27. The van der Waals surface area contributed by atoms with Gasteiger partial charge in [-0.15, -0.1) is 0 Å². The standard InChI is InChI=1S/C17H26N2O2/c1-13-5-6-15(11-14(13)2)18-17(21)12-19(16-7-8-16)9-3-4-10-20/h5-6,11,16,20H,3-4,7-10,12H2,1-2H3,(H,18,21). The third-order valence-corrected chi connectivity index (χ3v) is 4.05. The fraction of sp³-hybridized carbons (Fsp3) is 0.588. The monoisotopic (exact) mass is 290 g/mol. The van der Waals surface area contributed by atoms with E-state index in [1.807, 2.05) is 18.2 Å². The third-order valence-electron chi connectivity index (χ3n) is 4.05. The van der Waals surface area contributed by atoms with Gasteiger partial charge >= 0.3 is 0 Å². The Morgan fingerprint density at radius 3 is 2.67 bits per heavy atom. The topological polar surface area (TPSA) is 52.6 Å². The molecule has 1 aromatic carbocycles. The molecule has 0 bridgehead atoms. The van der Waals surface area contributed by atoms with Crippen LogP contribution in [-0.4, -0.2) is 41.7 Å². The number of hydrogen-bond acceptors (Lipinski definition) is 3. The lowest BCUT2D eigenvalue weighted by molar-refractivity contribution is -0.117. The maximum atomic E-state index is 12.2. The van der Waals surface area contributed by atoms with Crippen molar-refractivity contribution in [3.63, 3.8) is 0 Å². The number of amides is 1. The number of aryl methyl sites for hydroxylation is 2. The van der Waals surface area contributed by atoms with E-state index >= 15 is 0 Å². The zero-order chi connectivity index (χ0) is 15.2. The van der Waals surface area contributed by atoms with Gasteiger partial charge in [-0.25, -0.2) is 0 Å². The number of benzene rings is 1. The van der Waals surface area contributed by atoms with Gasteiger partial charge in [0.15, 0.2) is 0 Å². The van der Waals surface area contributed by atoms with Gasteiger partial charge in [0.2, 0.25) is 5.91 Å². The summed E-state index contributed by atoms with van der Waals surface area (Å²) in [6, 6.07) is 6.56. The van der Waals surface area contributed by atoms with Crippen LogP contribution < -0.4 is 5.32 Å². The normalized spacial score (nSPS) is 14.5. The van der Waals surface area contributed by atoms with Gasteiger partial charge in [-0.3, -0.25) is 9.69 Å². The Hall–Kier alpha value is -1.39. The van der Waals surface area contributed by atoms with E-state index in [1.165, 1.54) is 24.0 Å². The van der Waals surface area contributed by atoms with Crippen molar-refractivity contribution in [3.05, 3.63) is 29.3 Å². The van der Waals surface area contributed by atoms with Gasteiger partial charge in [-0.05, 0) is 69.3 Å². The van der Waals surface area contributed by atoms with Crippen molar-refractivity contribution >= 4 is 11.6 Å². The largest absolute Gasteiger partial charge is 0.396 e. The van der Waals surface area contributed by atoms with Crippen molar-refractivity contribution in [2.75, 3.05) is 25.0 Å². The molecule has 0 spiro atoms. The van der Waals surface area contributed by atoms with Crippen molar-refractivity contribution in [3.8, 4) is 0 Å². The molecule has 1 aliphatic carbocycles. The quantitative estimate of drug-likeness (QED) is 0.723. The SMILES string of the molecule is Cc1ccc(NC(=O)CN(CCCCO)C2CC2)cc1C. The molecule has 1 amide bonds. The van der Waals surface area contributed by atoms with Crippen LogP contribution >= 0.6 is 0 Å². The summed E-state index contributed by atoms with van der Waals surface area (Å²) in [6.07, 6.45) is 4.14. The molecule has 0 aromatic heterocycles. The highest BCUT2D eigenvalue weighted by atomic mass is 16.2. The fourth-order valence-electron chi connectivity index (χ4n) is 2.46. The zero-order valence-electron chi connectivity index (χ0n) is 13.1. The number of hydrogen-bond donors (Lipinski definition) is 2. The Morgan fingerprint density at radius 1 is 1.29 bits per heavy atom. The van der Waals surface area contributed by atoms with Crippen LogP contribution in [0.25, 0.3) is 0 Å². The number of nitrogens with zero attached hydrogens (tertiary/aromatic N) is 1. The summed E-state index contributed by atoms with van der Waals surface area (Å²) in [7, 11) is 0. The number of nitrogens with one attached hydrogen (secondary N) is 1. The van der Waals surface area contributed by atoms with E-state index in [4.69, 9.17) is 5.11 Å². The van der Waals surface area contributed by atoms with Crippen LogP contribution in [0.4, 0.5) is 5.69 Å². The van der Waals surface area contributed by atoms with E-state index in [2.05, 4.69) is 24.1 Å². The Balaban J connectivity index is 1.85. The van der Waals surface area contributed by atoms with E-state index in [9.17, 15) is 4.79 Å². The van der Waals surface area contributed by atoms with Gasteiger partial charge in [0.1, 0.15) is 0 Å². The predicted molar refractivity (Wildman–Crippen MR) is 85.5 cm³/mol. The minimum Gasteiger partial charge on any atom is -0.396 e. The predicted octanol–water partition coefficient (Wildman–Crippen LogP) is 2.48. The summed E-state index contributed by atoms with van der Waals surface area (Å²) in [6.45, 7) is 5.69. The lowest BCUT2D eigenvalue weighted by Crippen LogP contribution is -2.35.